The first-order valence-electron chi connectivity index (χ1n) is 5.22. The predicted molar refractivity (Wildman–Crippen MR) is 55.3 cm³/mol. The minimum Gasteiger partial charge on any atom is -0.467 e. The van der Waals surface area contributed by atoms with E-state index in [9.17, 15) is 4.39 Å². The fraction of sp³-hybridized carbons (Fsp3) is 0.500. The number of hydrogen-bond donors (Lipinski definition) is 0. The number of rotatable bonds is 5. The van der Waals surface area contributed by atoms with E-state index in [2.05, 4.69) is 0 Å². The molecule has 0 radical (unpaired) electrons. The molecule has 0 atom stereocenters. The molecule has 82 valence electrons. The summed E-state index contributed by atoms with van der Waals surface area (Å²) in [7, 11) is 0. The van der Waals surface area contributed by atoms with Crippen molar-refractivity contribution in [3.8, 4) is 5.75 Å². The fourth-order valence-electron chi connectivity index (χ4n) is 1.27. The maximum absolute atomic E-state index is 13.1. The molecule has 0 bridgehead atoms. The SMILES string of the molecule is Cc1ccc(OCOCC2CC2)cc1F. The maximum atomic E-state index is 13.1. The second kappa shape index (κ2) is 4.62. The first kappa shape index (κ1) is 10.4. The standard InChI is InChI=1S/C12H15FO2/c1-9-2-5-11(6-12(9)13)15-8-14-7-10-3-4-10/h2,5-6,10H,3-4,7-8H2,1H3. The van der Waals surface area contributed by atoms with Crippen LogP contribution in [0.3, 0.4) is 0 Å². The van der Waals surface area contributed by atoms with Crippen molar-refractivity contribution in [2.45, 2.75) is 19.8 Å². The minimum atomic E-state index is -0.241. The van der Waals surface area contributed by atoms with Gasteiger partial charge < -0.3 is 9.47 Å². The smallest absolute Gasteiger partial charge is 0.189 e. The van der Waals surface area contributed by atoms with Gasteiger partial charge in [-0.2, -0.15) is 0 Å². The van der Waals surface area contributed by atoms with E-state index in [1.165, 1.54) is 18.9 Å². The quantitative estimate of drug-likeness (QED) is 0.549. The first-order chi connectivity index (χ1) is 7.25. The lowest BCUT2D eigenvalue weighted by Crippen LogP contribution is -2.05. The van der Waals surface area contributed by atoms with Gasteiger partial charge in [0.05, 0.1) is 6.61 Å². The molecule has 1 fully saturated rings. The summed E-state index contributed by atoms with van der Waals surface area (Å²) in [6, 6.07) is 4.83. The molecule has 0 unspecified atom stereocenters. The molecule has 3 heteroatoms. The maximum Gasteiger partial charge on any atom is 0.189 e. The number of ether oxygens (including phenoxy) is 2. The summed E-state index contributed by atoms with van der Waals surface area (Å²) in [4.78, 5) is 0. The highest BCUT2D eigenvalue weighted by Gasteiger charge is 2.21. The van der Waals surface area contributed by atoms with Crippen LogP contribution in [-0.4, -0.2) is 13.4 Å². The molecule has 0 N–H and O–H groups in total. The zero-order valence-corrected chi connectivity index (χ0v) is 8.83. The molecule has 1 aromatic rings. The van der Waals surface area contributed by atoms with E-state index in [1.807, 2.05) is 0 Å². The van der Waals surface area contributed by atoms with Gasteiger partial charge in [-0.1, -0.05) is 6.07 Å². The van der Waals surface area contributed by atoms with Gasteiger partial charge in [0.15, 0.2) is 6.79 Å². The Balaban J connectivity index is 1.74. The Hall–Kier alpha value is -1.09. The van der Waals surface area contributed by atoms with Crippen molar-refractivity contribution in [1.82, 2.24) is 0 Å². The molecule has 1 saturated carbocycles. The van der Waals surface area contributed by atoms with Crippen molar-refractivity contribution in [1.29, 1.82) is 0 Å². The number of aryl methyl sites for hydroxylation is 1. The van der Waals surface area contributed by atoms with Crippen LogP contribution in [0.2, 0.25) is 0 Å². The van der Waals surface area contributed by atoms with Gasteiger partial charge in [0, 0.05) is 6.07 Å². The van der Waals surface area contributed by atoms with Crippen molar-refractivity contribution >= 4 is 0 Å². The summed E-state index contributed by atoms with van der Waals surface area (Å²) < 4.78 is 23.7. The van der Waals surface area contributed by atoms with Gasteiger partial charge in [-0.25, -0.2) is 4.39 Å². The van der Waals surface area contributed by atoms with Crippen molar-refractivity contribution in [3.63, 3.8) is 0 Å². The normalized spacial score (nSPS) is 15.3. The summed E-state index contributed by atoms with van der Waals surface area (Å²) in [5.74, 6) is 1.01. The summed E-state index contributed by atoms with van der Waals surface area (Å²) in [6.07, 6.45) is 2.53. The molecule has 0 aromatic heterocycles. The zero-order valence-electron chi connectivity index (χ0n) is 8.83. The Kier molecular flexibility index (Phi) is 3.21. The average Bonchev–Trinajstić information content (AvgIpc) is 3.02. The average molecular weight is 210 g/mol. The third kappa shape index (κ3) is 3.20. The van der Waals surface area contributed by atoms with Gasteiger partial charge in [-0.15, -0.1) is 0 Å². The molecule has 1 aliphatic carbocycles. The van der Waals surface area contributed by atoms with E-state index in [4.69, 9.17) is 9.47 Å². The van der Waals surface area contributed by atoms with Crippen LogP contribution in [0, 0.1) is 18.7 Å². The molecule has 2 rings (SSSR count). The highest BCUT2D eigenvalue weighted by atomic mass is 19.1. The van der Waals surface area contributed by atoms with Crippen LogP contribution in [0.4, 0.5) is 4.39 Å². The van der Waals surface area contributed by atoms with Crippen LogP contribution in [0.1, 0.15) is 18.4 Å². The highest BCUT2D eigenvalue weighted by Crippen LogP contribution is 2.28. The molecule has 1 aromatic carbocycles. The van der Waals surface area contributed by atoms with Crippen molar-refractivity contribution in [2.75, 3.05) is 13.4 Å². The van der Waals surface area contributed by atoms with E-state index in [0.717, 1.165) is 12.5 Å². The van der Waals surface area contributed by atoms with E-state index in [0.29, 0.717) is 11.3 Å². The topological polar surface area (TPSA) is 18.5 Å². The molecule has 15 heavy (non-hydrogen) atoms. The third-order valence-corrected chi connectivity index (χ3v) is 2.50. The number of hydrogen-bond acceptors (Lipinski definition) is 2. The lowest BCUT2D eigenvalue weighted by Gasteiger charge is -2.07. The van der Waals surface area contributed by atoms with Crippen molar-refractivity contribution < 1.29 is 13.9 Å². The summed E-state index contributed by atoms with van der Waals surface area (Å²) in [5.41, 5.74) is 0.626. The van der Waals surface area contributed by atoms with E-state index in [1.54, 1.807) is 19.1 Å². The lowest BCUT2D eigenvalue weighted by atomic mass is 10.2. The van der Waals surface area contributed by atoms with Gasteiger partial charge in [-0.3, -0.25) is 0 Å². The molecule has 1 aliphatic rings. The predicted octanol–water partition coefficient (Wildman–Crippen LogP) is 2.90. The van der Waals surface area contributed by atoms with E-state index >= 15 is 0 Å². The summed E-state index contributed by atoms with van der Waals surface area (Å²) in [6.45, 7) is 2.69. The second-order valence-electron chi connectivity index (χ2n) is 3.99. The monoisotopic (exact) mass is 210 g/mol. The van der Waals surface area contributed by atoms with Gasteiger partial charge in [0.1, 0.15) is 11.6 Å². The van der Waals surface area contributed by atoms with Gasteiger partial charge in [0.2, 0.25) is 0 Å². The molecular formula is C12H15FO2. The van der Waals surface area contributed by atoms with E-state index < -0.39 is 0 Å². The Morgan fingerprint density at radius 2 is 2.20 bits per heavy atom. The molecule has 0 heterocycles. The number of halogens is 1. The van der Waals surface area contributed by atoms with Crippen molar-refractivity contribution in [3.05, 3.63) is 29.6 Å². The van der Waals surface area contributed by atoms with E-state index in [-0.39, 0.29) is 12.6 Å². The second-order valence-corrected chi connectivity index (χ2v) is 3.99. The summed E-state index contributed by atoms with van der Waals surface area (Å²) >= 11 is 0. The zero-order chi connectivity index (χ0) is 10.7. The fourth-order valence-corrected chi connectivity index (χ4v) is 1.27. The Bertz CT molecular complexity index is 334. The molecular weight excluding hydrogens is 195 g/mol. The van der Waals surface area contributed by atoms with Gasteiger partial charge in [-0.05, 0) is 37.3 Å². The van der Waals surface area contributed by atoms with Crippen LogP contribution in [-0.2, 0) is 4.74 Å². The van der Waals surface area contributed by atoms with Crippen LogP contribution in [0.15, 0.2) is 18.2 Å². The molecule has 2 nitrogen and oxygen atoms in total. The Morgan fingerprint density at radius 3 is 2.87 bits per heavy atom. The van der Waals surface area contributed by atoms with Crippen LogP contribution in [0.5, 0.6) is 5.75 Å². The first-order valence-corrected chi connectivity index (χ1v) is 5.22. The van der Waals surface area contributed by atoms with Crippen LogP contribution >= 0.6 is 0 Å². The molecule has 0 saturated heterocycles. The Morgan fingerprint density at radius 1 is 1.40 bits per heavy atom. The molecule has 0 amide bonds. The van der Waals surface area contributed by atoms with Gasteiger partial charge in [0.25, 0.3) is 0 Å². The summed E-state index contributed by atoms with van der Waals surface area (Å²) in [5, 5.41) is 0. The largest absolute Gasteiger partial charge is 0.467 e. The third-order valence-electron chi connectivity index (χ3n) is 2.50. The number of benzene rings is 1. The lowest BCUT2D eigenvalue weighted by molar-refractivity contribution is 0.00982. The molecule has 0 spiro atoms. The minimum absolute atomic E-state index is 0.207. The van der Waals surface area contributed by atoms with Crippen molar-refractivity contribution in [2.24, 2.45) is 5.92 Å². The Labute approximate surface area is 89.0 Å². The van der Waals surface area contributed by atoms with Gasteiger partial charge >= 0.3 is 0 Å². The van der Waals surface area contributed by atoms with Crippen LogP contribution in [0.25, 0.3) is 0 Å². The molecule has 0 aliphatic heterocycles. The highest BCUT2D eigenvalue weighted by molar-refractivity contribution is 5.27. The van der Waals surface area contributed by atoms with Crippen LogP contribution < -0.4 is 4.74 Å².